The zero-order chi connectivity index (χ0) is 30.3. The van der Waals surface area contributed by atoms with Crippen molar-refractivity contribution in [2.45, 2.75) is 77.6 Å². The number of ether oxygens (including phenoxy) is 1. The lowest BCUT2D eigenvalue weighted by Gasteiger charge is -2.25. The van der Waals surface area contributed by atoms with Crippen LogP contribution in [0.3, 0.4) is 0 Å². The van der Waals surface area contributed by atoms with E-state index in [1.54, 1.807) is 27.0 Å². The molecule has 10 nitrogen and oxygen atoms in total. The highest BCUT2D eigenvalue weighted by Crippen LogP contribution is 2.20. The molecule has 3 amide bonds. The Hall–Kier alpha value is -4.60. The minimum absolute atomic E-state index is 0.178. The summed E-state index contributed by atoms with van der Waals surface area (Å²) in [5.74, 6) is 0.117. The van der Waals surface area contributed by atoms with E-state index in [-0.39, 0.29) is 24.7 Å². The molecule has 0 aliphatic rings. The Labute approximate surface area is 246 Å². The Kier molecular flexibility index (Phi) is 9.67. The smallest absolute Gasteiger partial charge is 0.408 e. The third kappa shape index (κ3) is 8.45. The Morgan fingerprint density at radius 3 is 2.29 bits per heavy atom. The molecule has 0 spiro atoms. The second-order valence-electron chi connectivity index (χ2n) is 11.7. The Bertz CT molecular complexity index is 1500. The maximum atomic E-state index is 13.8. The first-order valence-corrected chi connectivity index (χ1v) is 14.2. The van der Waals surface area contributed by atoms with Crippen molar-refractivity contribution >= 4 is 28.8 Å². The number of carbonyl (C=O) groups excluding carboxylic acids is 3. The summed E-state index contributed by atoms with van der Waals surface area (Å²) in [4.78, 5) is 50.9. The molecule has 0 bridgehead atoms. The molecule has 2 atom stereocenters. The number of carbonyl (C=O) groups is 3. The summed E-state index contributed by atoms with van der Waals surface area (Å²) < 4.78 is 5.46. The van der Waals surface area contributed by atoms with Gasteiger partial charge in [0.2, 0.25) is 11.8 Å². The van der Waals surface area contributed by atoms with Crippen molar-refractivity contribution < 1.29 is 19.1 Å². The van der Waals surface area contributed by atoms with Gasteiger partial charge in [0, 0.05) is 54.3 Å². The number of amides is 3. The quantitative estimate of drug-likeness (QED) is 0.180. The second-order valence-corrected chi connectivity index (χ2v) is 11.7. The van der Waals surface area contributed by atoms with Gasteiger partial charge in [0.1, 0.15) is 23.5 Å². The van der Waals surface area contributed by atoms with Crippen LogP contribution in [-0.4, -0.2) is 50.5 Å². The average Bonchev–Trinajstić information content (AvgIpc) is 3.58. The Morgan fingerprint density at radius 1 is 0.905 bits per heavy atom. The molecule has 0 radical (unpaired) electrons. The minimum Gasteiger partial charge on any atom is -0.444 e. The van der Waals surface area contributed by atoms with Crippen LogP contribution in [-0.2, 0) is 33.7 Å². The van der Waals surface area contributed by atoms with Crippen LogP contribution in [0.5, 0.6) is 0 Å². The van der Waals surface area contributed by atoms with Gasteiger partial charge in [0.05, 0.1) is 0 Å². The molecule has 2 aromatic heterocycles. The summed E-state index contributed by atoms with van der Waals surface area (Å²) >= 11 is 0. The monoisotopic (exact) mass is 572 g/mol. The number of imidazole rings is 1. The largest absolute Gasteiger partial charge is 0.444 e. The Balaban J connectivity index is 1.56. The number of alkyl carbamates (subject to hydrolysis) is 1. The van der Waals surface area contributed by atoms with Gasteiger partial charge in [-0.05, 0) is 38.0 Å². The first-order valence-electron chi connectivity index (χ1n) is 14.2. The average molecular weight is 573 g/mol. The molecular weight excluding hydrogens is 532 g/mol. The fourth-order valence-corrected chi connectivity index (χ4v) is 4.56. The van der Waals surface area contributed by atoms with E-state index < -0.39 is 29.7 Å². The number of fused-ring (bicyclic) bond motifs is 1. The van der Waals surface area contributed by atoms with Gasteiger partial charge >= 0.3 is 6.09 Å². The molecule has 2 aromatic carbocycles. The zero-order valence-corrected chi connectivity index (χ0v) is 24.8. The maximum Gasteiger partial charge on any atom is 0.408 e. The molecule has 5 N–H and O–H groups in total. The SMILES string of the molecule is CC(C)c1ncc(C[C@H](NC(=O)[C@H](Cc2c[nH]c3ccccc23)NC(=O)OC(C)(C)C)C(=O)NCc2ccccc2)[nH]1. The van der Waals surface area contributed by atoms with Crippen molar-refractivity contribution in [1.29, 1.82) is 0 Å². The lowest BCUT2D eigenvalue weighted by atomic mass is 10.0. The molecule has 4 aromatic rings. The molecule has 0 fully saturated rings. The normalized spacial score (nSPS) is 13.0. The van der Waals surface area contributed by atoms with Crippen LogP contribution in [0.15, 0.2) is 67.0 Å². The number of aromatic amines is 2. The topological polar surface area (TPSA) is 141 Å². The van der Waals surface area contributed by atoms with Crippen LogP contribution >= 0.6 is 0 Å². The van der Waals surface area contributed by atoms with Gasteiger partial charge in [-0.15, -0.1) is 0 Å². The van der Waals surface area contributed by atoms with E-state index in [9.17, 15) is 14.4 Å². The van der Waals surface area contributed by atoms with Gasteiger partial charge in [0.15, 0.2) is 0 Å². The number of nitrogens with one attached hydrogen (secondary N) is 5. The molecule has 0 saturated carbocycles. The summed E-state index contributed by atoms with van der Waals surface area (Å²) in [7, 11) is 0. The number of H-pyrrole nitrogens is 2. The van der Waals surface area contributed by atoms with Crippen molar-refractivity contribution in [3.8, 4) is 0 Å². The zero-order valence-electron chi connectivity index (χ0n) is 24.8. The summed E-state index contributed by atoms with van der Waals surface area (Å²) in [5.41, 5.74) is 2.67. The lowest BCUT2D eigenvalue weighted by Crippen LogP contribution is -2.55. The number of benzene rings is 2. The number of nitrogens with zero attached hydrogens (tertiary/aromatic N) is 1. The number of rotatable bonds is 11. The molecular formula is C32H40N6O4. The fraction of sp³-hybridized carbons (Fsp3) is 0.375. The molecule has 0 unspecified atom stereocenters. The molecule has 0 aliphatic carbocycles. The summed E-state index contributed by atoms with van der Waals surface area (Å²) in [5, 5.41) is 9.48. The van der Waals surface area contributed by atoms with E-state index in [4.69, 9.17) is 4.74 Å². The Morgan fingerprint density at radius 2 is 1.60 bits per heavy atom. The predicted octanol–water partition coefficient (Wildman–Crippen LogP) is 4.49. The van der Waals surface area contributed by atoms with Crippen LogP contribution in [0.4, 0.5) is 4.79 Å². The molecule has 222 valence electrons. The third-order valence-corrected chi connectivity index (χ3v) is 6.67. The van der Waals surface area contributed by atoms with Crippen LogP contribution in [0, 0.1) is 0 Å². The highest BCUT2D eigenvalue weighted by atomic mass is 16.6. The van der Waals surface area contributed by atoms with Crippen LogP contribution in [0.2, 0.25) is 0 Å². The van der Waals surface area contributed by atoms with Crippen molar-refractivity contribution in [3.05, 3.63) is 89.6 Å². The molecule has 2 heterocycles. The van der Waals surface area contributed by atoms with E-state index in [1.165, 1.54) is 0 Å². The van der Waals surface area contributed by atoms with E-state index >= 15 is 0 Å². The van der Waals surface area contributed by atoms with E-state index in [2.05, 4.69) is 30.9 Å². The number of hydrogen-bond donors (Lipinski definition) is 5. The van der Waals surface area contributed by atoms with Crippen LogP contribution in [0.1, 0.15) is 63.2 Å². The van der Waals surface area contributed by atoms with Gasteiger partial charge in [-0.1, -0.05) is 62.4 Å². The van der Waals surface area contributed by atoms with Crippen molar-refractivity contribution in [1.82, 2.24) is 30.9 Å². The van der Waals surface area contributed by atoms with Gasteiger partial charge in [-0.25, -0.2) is 9.78 Å². The first kappa shape index (κ1) is 30.4. The molecule has 0 aliphatic heterocycles. The van der Waals surface area contributed by atoms with E-state index in [0.29, 0.717) is 12.2 Å². The third-order valence-electron chi connectivity index (χ3n) is 6.67. The van der Waals surface area contributed by atoms with Crippen molar-refractivity contribution in [2.75, 3.05) is 0 Å². The van der Waals surface area contributed by atoms with Crippen LogP contribution < -0.4 is 16.0 Å². The fourth-order valence-electron chi connectivity index (χ4n) is 4.56. The molecule has 0 saturated heterocycles. The summed E-state index contributed by atoms with van der Waals surface area (Å²) in [6, 6.07) is 15.3. The maximum absolute atomic E-state index is 13.8. The highest BCUT2D eigenvalue weighted by Gasteiger charge is 2.30. The summed E-state index contributed by atoms with van der Waals surface area (Å²) in [6.45, 7) is 9.61. The summed E-state index contributed by atoms with van der Waals surface area (Å²) in [6.07, 6.45) is 3.17. The van der Waals surface area contributed by atoms with Gasteiger partial charge in [0.25, 0.3) is 0 Å². The standard InChI is InChI=1S/C32H40N6O4/c1-20(2)28-34-19-23(36-28)16-27(29(39)35-17-21-11-7-6-8-12-21)37-30(40)26(38-31(41)42-32(3,4)5)15-22-18-33-25-14-10-9-13-24(22)25/h6-14,18-20,26-27,33H,15-17H2,1-5H3,(H,34,36)(H,35,39)(H,37,40)(H,38,41)/t26-,27-/m0/s1. The lowest BCUT2D eigenvalue weighted by molar-refractivity contribution is -0.130. The molecule has 10 heteroatoms. The molecule has 42 heavy (non-hydrogen) atoms. The molecule has 4 rings (SSSR count). The number of para-hydroxylation sites is 1. The van der Waals surface area contributed by atoms with Crippen molar-refractivity contribution in [3.63, 3.8) is 0 Å². The predicted molar refractivity (Wildman–Crippen MR) is 162 cm³/mol. The van der Waals surface area contributed by atoms with Gasteiger partial charge in [-0.2, -0.15) is 0 Å². The van der Waals surface area contributed by atoms with Gasteiger partial charge < -0.3 is 30.7 Å². The first-order chi connectivity index (χ1) is 20.0. The number of aromatic nitrogens is 3. The van der Waals surface area contributed by atoms with Gasteiger partial charge in [-0.3, -0.25) is 9.59 Å². The minimum atomic E-state index is -1.00. The van der Waals surface area contributed by atoms with E-state index in [0.717, 1.165) is 27.9 Å². The van der Waals surface area contributed by atoms with E-state index in [1.807, 2.05) is 74.6 Å². The number of hydrogen-bond acceptors (Lipinski definition) is 5. The second kappa shape index (κ2) is 13.4. The van der Waals surface area contributed by atoms with Crippen LogP contribution in [0.25, 0.3) is 10.9 Å². The highest BCUT2D eigenvalue weighted by molar-refractivity contribution is 5.92. The van der Waals surface area contributed by atoms with Crippen molar-refractivity contribution in [2.24, 2.45) is 0 Å².